The molecule has 0 radical (unpaired) electrons. The lowest BCUT2D eigenvalue weighted by atomic mass is 9.94. The van der Waals surface area contributed by atoms with E-state index in [0.717, 1.165) is 43.9 Å². The van der Waals surface area contributed by atoms with Gasteiger partial charge in [0.25, 0.3) is 0 Å². The van der Waals surface area contributed by atoms with Gasteiger partial charge in [-0.1, -0.05) is 0 Å². The zero-order chi connectivity index (χ0) is 17.5. The molecule has 3 heterocycles. The van der Waals surface area contributed by atoms with Crippen LogP contribution in [0.4, 0.5) is 17.5 Å². The third-order valence-electron chi connectivity index (χ3n) is 4.31. The molecular weight excluding hydrogens is 338 g/mol. The van der Waals surface area contributed by atoms with Crippen LogP contribution in [0.3, 0.4) is 0 Å². The summed E-state index contributed by atoms with van der Waals surface area (Å²) in [6.07, 6.45) is 8.41. The molecule has 9 heteroatoms. The summed E-state index contributed by atoms with van der Waals surface area (Å²) in [5.74, 6) is 2.15. The quantitative estimate of drug-likeness (QED) is 0.687. The van der Waals surface area contributed by atoms with Gasteiger partial charge in [-0.2, -0.15) is 4.98 Å². The first kappa shape index (κ1) is 17.7. The van der Waals surface area contributed by atoms with Gasteiger partial charge in [-0.3, -0.25) is 4.98 Å². The van der Waals surface area contributed by atoms with E-state index in [9.17, 15) is 4.21 Å². The van der Waals surface area contributed by atoms with E-state index in [1.165, 1.54) is 0 Å². The van der Waals surface area contributed by atoms with Crippen LogP contribution in [0.2, 0.25) is 0 Å². The van der Waals surface area contributed by atoms with Crippen molar-refractivity contribution in [2.75, 3.05) is 29.9 Å². The van der Waals surface area contributed by atoms with Gasteiger partial charge in [-0.05, 0) is 43.4 Å². The lowest BCUT2D eigenvalue weighted by Crippen LogP contribution is -2.35. The van der Waals surface area contributed by atoms with Gasteiger partial charge in [0.1, 0.15) is 5.82 Å². The molecule has 1 aliphatic heterocycles. The molecule has 1 unspecified atom stereocenters. The topological polar surface area (TPSA) is 109 Å². The molecule has 25 heavy (non-hydrogen) atoms. The van der Waals surface area contributed by atoms with Crippen LogP contribution in [0, 0.1) is 5.92 Å². The largest absolute Gasteiger partial charge is 0.356 e. The summed E-state index contributed by atoms with van der Waals surface area (Å²) in [7, 11) is 0. The number of nitrogens with one attached hydrogen (secondary N) is 2. The second kappa shape index (κ2) is 8.84. The predicted octanol–water partition coefficient (Wildman–Crippen LogP) is 1.35. The molecule has 1 aliphatic rings. The SMILES string of the molecule is NS(=O)NCCC1CCN(c2ccnc(Nc3ccncc3)n2)CC1. The maximum absolute atomic E-state index is 10.8. The fraction of sp³-hybridized carbons (Fsp3) is 0.438. The molecule has 2 aromatic rings. The first-order valence-corrected chi connectivity index (χ1v) is 9.57. The molecule has 8 nitrogen and oxygen atoms in total. The lowest BCUT2D eigenvalue weighted by molar-refractivity contribution is 0.381. The summed E-state index contributed by atoms with van der Waals surface area (Å²) in [4.78, 5) is 15.2. The Bertz CT molecular complexity index is 692. The normalized spacial score (nSPS) is 16.6. The highest BCUT2D eigenvalue weighted by Gasteiger charge is 2.20. The average Bonchev–Trinajstić information content (AvgIpc) is 2.63. The lowest BCUT2D eigenvalue weighted by Gasteiger charge is -2.32. The fourth-order valence-electron chi connectivity index (χ4n) is 2.96. The van der Waals surface area contributed by atoms with Gasteiger partial charge < -0.3 is 10.2 Å². The molecule has 1 atom stereocenters. The van der Waals surface area contributed by atoms with Gasteiger partial charge in [-0.15, -0.1) is 0 Å². The van der Waals surface area contributed by atoms with Crippen molar-refractivity contribution in [2.45, 2.75) is 19.3 Å². The van der Waals surface area contributed by atoms with Crippen molar-refractivity contribution in [1.29, 1.82) is 0 Å². The molecular formula is C16H23N7OS. The summed E-state index contributed by atoms with van der Waals surface area (Å²) < 4.78 is 13.6. The number of aromatic nitrogens is 3. The maximum atomic E-state index is 10.8. The zero-order valence-electron chi connectivity index (χ0n) is 14.0. The Morgan fingerprint density at radius 1 is 1.20 bits per heavy atom. The van der Waals surface area contributed by atoms with E-state index in [0.29, 0.717) is 18.4 Å². The summed E-state index contributed by atoms with van der Waals surface area (Å²) in [5.41, 5.74) is 0.913. The van der Waals surface area contributed by atoms with E-state index in [1.807, 2.05) is 18.2 Å². The van der Waals surface area contributed by atoms with E-state index in [1.54, 1.807) is 18.6 Å². The van der Waals surface area contributed by atoms with Gasteiger partial charge in [0.2, 0.25) is 5.95 Å². The Kier molecular flexibility index (Phi) is 6.26. The van der Waals surface area contributed by atoms with Crippen molar-refractivity contribution in [3.05, 3.63) is 36.8 Å². The third-order valence-corrected chi connectivity index (χ3v) is 4.80. The molecule has 0 saturated carbocycles. The smallest absolute Gasteiger partial charge is 0.229 e. The molecule has 1 fully saturated rings. The molecule has 134 valence electrons. The highest BCUT2D eigenvalue weighted by atomic mass is 32.2. The van der Waals surface area contributed by atoms with E-state index in [-0.39, 0.29) is 0 Å². The summed E-state index contributed by atoms with van der Waals surface area (Å²) in [6.45, 7) is 2.62. The van der Waals surface area contributed by atoms with Crippen molar-refractivity contribution >= 4 is 28.6 Å². The number of hydrogen-bond acceptors (Lipinski definition) is 6. The van der Waals surface area contributed by atoms with Crippen LogP contribution >= 0.6 is 0 Å². The second-order valence-corrected chi connectivity index (χ2v) is 6.89. The minimum atomic E-state index is -1.41. The van der Waals surface area contributed by atoms with Crippen LogP contribution in [0.25, 0.3) is 0 Å². The highest BCUT2D eigenvalue weighted by Crippen LogP contribution is 2.24. The monoisotopic (exact) mass is 361 g/mol. The molecule has 0 bridgehead atoms. The van der Waals surface area contributed by atoms with Crippen molar-refractivity contribution in [1.82, 2.24) is 19.7 Å². The minimum absolute atomic E-state index is 0.584. The summed E-state index contributed by atoms with van der Waals surface area (Å²) in [5, 5.41) is 8.40. The number of hydrogen-bond donors (Lipinski definition) is 3. The third kappa shape index (κ3) is 5.45. The van der Waals surface area contributed by atoms with Crippen molar-refractivity contribution < 1.29 is 4.21 Å². The van der Waals surface area contributed by atoms with Crippen molar-refractivity contribution in [3.8, 4) is 0 Å². The molecule has 0 spiro atoms. The Morgan fingerprint density at radius 3 is 2.68 bits per heavy atom. The van der Waals surface area contributed by atoms with Crippen LogP contribution in [-0.2, 0) is 11.2 Å². The zero-order valence-corrected chi connectivity index (χ0v) is 14.8. The minimum Gasteiger partial charge on any atom is -0.356 e. The van der Waals surface area contributed by atoms with E-state index in [2.05, 4.69) is 29.9 Å². The first-order valence-electron chi connectivity index (χ1n) is 8.35. The van der Waals surface area contributed by atoms with Gasteiger partial charge in [0, 0.05) is 43.9 Å². The Hall–Kier alpha value is -2.10. The van der Waals surface area contributed by atoms with Crippen LogP contribution in [0.1, 0.15) is 19.3 Å². The molecule has 0 aromatic carbocycles. The number of anilines is 3. The van der Waals surface area contributed by atoms with Gasteiger partial charge in [0.05, 0.1) is 0 Å². The molecule has 0 aliphatic carbocycles. The Labute approximate surface area is 150 Å². The Morgan fingerprint density at radius 2 is 1.96 bits per heavy atom. The van der Waals surface area contributed by atoms with E-state index >= 15 is 0 Å². The average molecular weight is 361 g/mol. The molecule has 4 N–H and O–H groups in total. The summed E-state index contributed by atoms with van der Waals surface area (Å²) >= 11 is -1.41. The van der Waals surface area contributed by atoms with Crippen LogP contribution in [0.15, 0.2) is 36.8 Å². The summed E-state index contributed by atoms with van der Waals surface area (Å²) in [6, 6.07) is 5.70. The number of nitrogens with zero attached hydrogens (tertiary/aromatic N) is 4. The fourth-order valence-corrected chi connectivity index (χ4v) is 3.28. The van der Waals surface area contributed by atoms with Crippen LogP contribution in [-0.4, -0.2) is 38.8 Å². The maximum Gasteiger partial charge on any atom is 0.229 e. The standard InChI is InChI=1S/C16H23N7OS/c17-25(24)20-10-1-13-5-11-23(12-6-13)15-4-9-19-16(22-15)21-14-2-7-18-8-3-14/h2-4,7-9,13,20H,1,5-6,10-12,17H2,(H,18,19,21,22). The van der Waals surface area contributed by atoms with Gasteiger partial charge >= 0.3 is 0 Å². The second-order valence-electron chi connectivity index (χ2n) is 6.01. The highest BCUT2D eigenvalue weighted by molar-refractivity contribution is 7.80. The van der Waals surface area contributed by atoms with Crippen LogP contribution in [0.5, 0.6) is 0 Å². The van der Waals surface area contributed by atoms with Gasteiger partial charge in [0.15, 0.2) is 11.2 Å². The van der Waals surface area contributed by atoms with Crippen molar-refractivity contribution in [2.24, 2.45) is 11.1 Å². The number of piperidine rings is 1. The van der Waals surface area contributed by atoms with Crippen molar-refractivity contribution in [3.63, 3.8) is 0 Å². The Balaban J connectivity index is 1.53. The number of rotatable bonds is 7. The first-order chi connectivity index (χ1) is 12.2. The van der Waals surface area contributed by atoms with Gasteiger partial charge in [-0.25, -0.2) is 19.1 Å². The van der Waals surface area contributed by atoms with Crippen LogP contribution < -0.4 is 20.1 Å². The number of nitrogens with two attached hydrogens (primary N) is 1. The van der Waals surface area contributed by atoms with E-state index in [4.69, 9.17) is 5.14 Å². The molecule has 0 amide bonds. The molecule has 2 aromatic heterocycles. The molecule has 3 rings (SSSR count). The number of pyridine rings is 1. The predicted molar refractivity (Wildman–Crippen MR) is 99.4 cm³/mol. The van der Waals surface area contributed by atoms with E-state index < -0.39 is 11.2 Å². The molecule has 1 saturated heterocycles.